The lowest BCUT2D eigenvalue weighted by Crippen LogP contribution is -2.15. The molecule has 0 aliphatic rings. The van der Waals surface area contributed by atoms with Crippen molar-refractivity contribution in [2.45, 2.75) is 38.5 Å². The van der Waals surface area contributed by atoms with Crippen LogP contribution in [0.4, 0.5) is 4.39 Å². The zero-order chi connectivity index (χ0) is 15.5. The fourth-order valence-corrected chi connectivity index (χ4v) is 3.88. The van der Waals surface area contributed by atoms with Gasteiger partial charge in [0.1, 0.15) is 5.82 Å². The summed E-state index contributed by atoms with van der Waals surface area (Å²) in [5.74, 6) is -2.45. The van der Waals surface area contributed by atoms with E-state index in [4.69, 9.17) is 5.11 Å². The smallest absolute Gasteiger partial charge is 0.338 e. The van der Waals surface area contributed by atoms with E-state index < -0.39 is 27.2 Å². The third kappa shape index (κ3) is 3.79. The van der Waals surface area contributed by atoms with E-state index in [1.807, 2.05) is 13.8 Å². The first-order valence-electron chi connectivity index (χ1n) is 6.45. The first-order valence-corrected chi connectivity index (χ1v) is 8.10. The minimum Gasteiger partial charge on any atom is -0.478 e. The van der Waals surface area contributed by atoms with Crippen molar-refractivity contribution in [2.24, 2.45) is 5.92 Å². The third-order valence-corrected chi connectivity index (χ3v) is 5.06. The molecular formula is C14H19FO4S. The molecule has 1 N–H and O–H groups in total. The Morgan fingerprint density at radius 1 is 1.40 bits per heavy atom. The largest absolute Gasteiger partial charge is 0.478 e. The minimum absolute atomic E-state index is 0.0200. The maximum Gasteiger partial charge on any atom is 0.338 e. The molecule has 112 valence electrons. The Kier molecular flexibility index (Phi) is 5.28. The number of carbonyl (C=O) groups is 1. The van der Waals surface area contributed by atoms with Gasteiger partial charge in [-0.3, -0.25) is 0 Å². The molecule has 1 aromatic rings. The van der Waals surface area contributed by atoms with E-state index in [0.717, 1.165) is 18.9 Å². The van der Waals surface area contributed by atoms with Crippen LogP contribution in [0.15, 0.2) is 17.0 Å². The summed E-state index contributed by atoms with van der Waals surface area (Å²) in [5, 5.41) is 8.91. The van der Waals surface area contributed by atoms with E-state index in [1.54, 1.807) is 0 Å². The molecular weight excluding hydrogens is 283 g/mol. The van der Waals surface area contributed by atoms with Crippen molar-refractivity contribution in [1.82, 2.24) is 0 Å². The lowest BCUT2D eigenvalue weighted by atomic mass is 10.1. The van der Waals surface area contributed by atoms with Crippen molar-refractivity contribution >= 4 is 15.8 Å². The molecule has 0 heterocycles. The van der Waals surface area contributed by atoms with Crippen LogP contribution in [0.3, 0.4) is 0 Å². The normalized spacial score (nSPS) is 13.2. The Bertz CT molecular complexity index is 608. The summed E-state index contributed by atoms with van der Waals surface area (Å²) < 4.78 is 38.1. The van der Waals surface area contributed by atoms with Crippen molar-refractivity contribution in [3.8, 4) is 0 Å². The van der Waals surface area contributed by atoms with Gasteiger partial charge in [-0.1, -0.05) is 20.3 Å². The number of rotatable bonds is 6. The number of aromatic carboxylic acids is 1. The molecule has 20 heavy (non-hydrogen) atoms. The first kappa shape index (κ1) is 16.6. The van der Waals surface area contributed by atoms with Crippen LogP contribution in [0.5, 0.6) is 0 Å². The average molecular weight is 302 g/mol. The number of benzene rings is 1. The molecule has 0 aliphatic heterocycles. The van der Waals surface area contributed by atoms with Gasteiger partial charge in [-0.25, -0.2) is 17.6 Å². The number of halogens is 1. The molecule has 1 aromatic carbocycles. The van der Waals surface area contributed by atoms with E-state index in [0.29, 0.717) is 0 Å². The van der Waals surface area contributed by atoms with E-state index in [2.05, 4.69) is 0 Å². The Balaban J connectivity index is 3.22. The minimum atomic E-state index is -3.61. The lowest BCUT2D eigenvalue weighted by molar-refractivity contribution is 0.0691. The number of carboxylic acid groups (broad SMARTS) is 1. The Hall–Kier alpha value is -1.43. The summed E-state index contributed by atoms with van der Waals surface area (Å²) in [6.45, 7) is 5.15. The van der Waals surface area contributed by atoms with Gasteiger partial charge in [-0.15, -0.1) is 0 Å². The highest BCUT2D eigenvalue weighted by atomic mass is 32.2. The summed E-state index contributed by atoms with van der Waals surface area (Å²) in [5.41, 5.74) is -0.585. The van der Waals surface area contributed by atoms with Gasteiger partial charge >= 0.3 is 5.97 Å². The van der Waals surface area contributed by atoms with Crippen molar-refractivity contribution in [3.05, 3.63) is 29.1 Å². The van der Waals surface area contributed by atoms with Gasteiger partial charge in [0.2, 0.25) is 0 Å². The van der Waals surface area contributed by atoms with Gasteiger partial charge in [0.25, 0.3) is 0 Å². The van der Waals surface area contributed by atoms with Crippen LogP contribution in [0.1, 0.15) is 42.6 Å². The summed E-state index contributed by atoms with van der Waals surface area (Å²) in [6.07, 6.45) is 1.64. The molecule has 0 bridgehead atoms. The van der Waals surface area contributed by atoms with Gasteiger partial charge < -0.3 is 5.11 Å². The van der Waals surface area contributed by atoms with Crippen LogP contribution in [-0.4, -0.2) is 25.2 Å². The second-order valence-corrected chi connectivity index (χ2v) is 7.12. The van der Waals surface area contributed by atoms with Crippen molar-refractivity contribution in [1.29, 1.82) is 0 Å². The van der Waals surface area contributed by atoms with Gasteiger partial charge in [0, 0.05) is 0 Å². The third-order valence-electron chi connectivity index (χ3n) is 3.10. The van der Waals surface area contributed by atoms with Crippen molar-refractivity contribution in [2.75, 3.05) is 5.75 Å². The zero-order valence-corrected chi connectivity index (χ0v) is 12.6. The number of carboxylic acids is 1. The van der Waals surface area contributed by atoms with Gasteiger partial charge in [0.05, 0.1) is 16.2 Å². The molecule has 0 saturated heterocycles. The summed E-state index contributed by atoms with van der Waals surface area (Å²) in [7, 11) is -3.61. The fraction of sp³-hybridized carbons (Fsp3) is 0.500. The van der Waals surface area contributed by atoms with Gasteiger partial charge in [-0.2, -0.15) is 0 Å². The summed E-state index contributed by atoms with van der Waals surface area (Å²) >= 11 is 0. The number of sulfone groups is 1. The van der Waals surface area contributed by atoms with E-state index in [9.17, 15) is 17.6 Å². The molecule has 6 heteroatoms. The molecule has 0 spiro atoms. The standard InChI is InChI=1S/C14H19FO4S/c1-4-5-9(2)8-20(18,19)11-6-10(3)13(15)12(7-11)14(16)17/h6-7,9H,4-5,8H2,1-3H3,(H,16,17). The second kappa shape index (κ2) is 6.35. The topological polar surface area (TPSA) is 71.4 Å². The zero-order valence-electron chi connectivity index (χ0n) is 11.8. The predicted molar refractivity (Wildman–Crippen MR) is 74.2 cm³/mol. The van der Waals surface area contributed by atoms with Crippen molar-refractivity contribution < 1.29 is 22.7 Å². The molecule has 1 atom stereocenters. The van der Waals surface area contributed by atoms with Gasteiger partial charge in [0.15, 0.2) is 9.84 Å². The van der Waals surface area contributed by atoms with Crippen molar-refractivity contribution in [3.63, 3.8) is 0 Å². The highest BCUT2D eigenvalue weighted by Crippen LogP contribution is 2.22. The Morgan fingerprint density at radius 2 is 2.00 bits per heavy atom. The maximum absolute atomic E-state index is 13.6. The first-order chi connectivity index (χ1) is 9.19. The van der Waals surface area contributed by atoms with Crippen LogP contribution < -0.4 is 0 Å². The van der Waals surface area contributed by atoms with E-state index in [1.165, 1.54) is 13.0 Å². The van der Waals surface area contributed by atoms with E-state index in [-0.39, 0.29) is 22.1 Å². The highest BCUT2D eigenvalue weighted by Gasteiger charge is 2.23. The number of hydrogen-bond acceptors (Lipinski definition) is 3. The molecule has 0 saturated carbocycles. The molecule has 0 aliphatic carbocycles. The van der Waals surface area contributed by atoms with Crippen LogP contribution in [0.25, 0.3) is 0 Å². The molecule has 1 unspecified atom stereocenters. The Labute approximate surface area is 118 Å². The van der Waals surface area contributed by atoms with Crippen LogP contribution in [0, 0.1) is 18.7 Å². The van der Waals surface area contributed by atoms with Crippen LogP contribution >= 0.6 is 0 Å². The monoisotopic (exact) mass is 302 g/mol. The van der Waals surface area contributed by atoms with Gasteiger partial charge in [-0.05, 0) is 37.0 Å². The number of hydrogen-bond donors (Lipinski definition) is 1. The number of aryl methyl sites for hydroxylation is 1. The predicted octanol–water partition coefficient (Wildman–Crippen LogP) is 3.04. The fourth-order valence-electron chi connectivity index (χ4n) is 2.12. The summed E-state index contributed by atoms with van der Waals surface area (Å²) in [6, 6.07) is 2.09. The molecule has 0 amide bonds. The average Bonchev–Trinajstić information content (AvgIpc) is 2.31. The molecule has 4 nitrogen and oxygen atoms in total. The SMILES string of the molecule is CCCC(C)CS(=O)(=O)c1cc(C)c(F)c(C(=O)O)c1. The maximum atomic E-state index is 13.6. The molecule has 0 radical (unpaired) electrons. The molecule has 1 rings (SSSR count). The molecule has 0 aromatic heterocycles. The summed E-state index contributed by atoms with van der Waals surface area (Å²) in [4.78, 5) is 10.8. The highest BCUT2D eigenvalue weighted by molar-refractivity contribution is 7.91. The lowest BCUT2D eigenvalue weighted by Gasteiger charge is -2.12. The molecule has 0 fully saturated rings. The second-order valence-electron chi connectivity index (χ2n) is 5.08. The van der Waals surface area contributed by atoms with Crippen LogP contribution in [0.2, 0.25) is 0 Å². The quantitative estimate of drug-likeness (QED) is 0.820. The van der Waals surface area contributed by atoms with Crippen LogP contribution in [-0.2, 0) is 9.84 Å². The Morgan fingerprint density at radius 3 is 2.50 bits per heavy atom. The van der Waals surface area contributed by atoms with E-state index >= 15 is 0 Å².